The highest BCUT2D eigenvalue weighted by molar-refractivity contribution is 14.0. The minimum atomic E-state index is -0.288. The monoisotopic (exact) mass is 575 g/mol. The molecule has 0 radical (unpaired) electrons. The average Bonchev–Trinajstić information content (AvgIpc) is 2.81. The van der Waals surface area contributed by atoms with E-state index in [2.05, 4.69) is 34.3 Å². The zero-order valence-corrected chi connectivity index (χ0v) is 22.9. The van der Waals surface area contributed by atoms with Crippen molar-refractivity contribution in [2.75, 3.05) is 52.9 Å². The molecule has 2 saturated heterocycles. The van der Waals surface area contributed by atoms with Gasteiger partial charge in [-0.25, -0.2) is 4.39 Å². The van der Waals surface area contributed by atoms with Crippen LogP contribution in [0.25, 0.3) is 0 Å². The van der Waals surface area contributed by atoms with Crippen molar-refractivity contribution in [2.24, 2.45) is 10.9 Å². The summed E-state index contributed by atoms with van der Waals surface area (Å²) in [6.45, 7) is 12.6. The van der Waals surface area contributed by atoms with Gasteiger partial charge in [-0.3, -0.25) is 9.89 Å². The van der Waals surface area contributed by atoms with E-state index in [1.165, 1.54) is 46.0 Å². The number of hydrogen-bond acceptors (Lipinski definition) is 4. The predicted molar refractivity (Wildman–Crippen MR) is 145 cm³/mol. The molecule has 3 rings (SSSR count). The van der Waals surface area contributed by atoms with Crippen molar-refractivity contribution in [1.82, 2.24) is 20.4 Å². The van der Waals surface area contributed by atoms with Gasteiger partial charge in [0.05, 0.1) is 7.11 Å². The van der Waals surface area contributed by atoms with Crippen LogP contribution in [0.15, 0.2) is 23.2 Å². The molecule has 2 aliphatic heterocycles. The second-order valence-electron chi connectivity index (χ2n) is 9.09. The quantitative estimate of drug-likeness (QED) is 0.264. The number of nitrogens with zero attached hydrogens (tertiary/aromatic N) is 3. The van der Waals surface area contributed by atoms with Crippen LogP contribution in [-0.4, -0.2) is 74.7 Å². The number of hydrogen-bond donors (Lipinski definition) is 2. The summed E-state index contributed by atoms with van der Waals surface area (Å²) < 4.78 is 19.0. The highest BCUT2D eigenvalue weighted by atomic mass is 127. The van der Waals surface area contributed by atoms with Crippen molar-refractivity contribution in [1.29, 1.82) is 0 Å². The number of nitrogens with one attached hydrogen (secondary N) is 2. The Bertz CT molecular complexity index is 719. The first-order chi connectivity index (χ1) is 15.6. The Morgan fingerprint density at radius 1 is 1.09 bits per heavy atom. The van der Waals surface area contributed by atoms with E-state index in [1.807, 2.05) is 6.07 Å². The topological polar surface area (TPSA) is 52.1 Å². The molecule has 2 fully saturated rings. The second-order valence-corrected chi connectivity index (χ2v) is 9.09. The van der Waals surface area contributed by atoms with Gasteiger partial charge < -0.3 is 20.3 Å². The molecule has 0 unspecified atom stereocenters. The van der Waals surface area contributed by atoms with Crippen LogP contribution in [0, 0.1) is 11.7 Å². The van der Waals surface area contributed by atoms with Gasteiger partial charge >= 0.3 is 0 Å². The lowest BCUT2D eigenvalue weighted by Crippen LogP contribution is -2.48. The van der Waals surface area contributed by atoms with E-state index in [4.69, 9.17) is 9.73 Å². The zero-order chi connectivity index (χ0) is 22.8. The number of aliphatic imine (C=N–C) groups is 1. The van der Waals surface area contributed by atoms with E-state index >= 15 is 0 Å². The van der Waals surface area contributed by atoms with Crippen LogP contribution >= 0.6 is 24.0 Å². The van der Waals surface area contributed by atoms with Crippen LogP contribution in [0.5, 0.6) is 5.75 Å². The minimum Gasteiger partial charge on any atom is -0.494 e. The van der Waals surface area contributed by atoms with E-state index < -0.39 is 0 Å². The summed E-state index contributed by atoms with van der Waals surface area (Å²) >= 11 is 0. The average molecular weight is 576 g/mol. The van der Waals surface area contributed by atoms with Crippen LogP contribution in [0.4, 0.5) is 4.39 Å². The maximum absolute atomic E-state index is 14.0. The number of rotatable bonds is 9. The molecule has 8 heteroatoms. The lowest BCUT2D eigenvalue weighted by atomic mass is 9.94. The molecule has 0 saturated carbocycles. The number of ether oxygens (including phenoxy) is 1. The van der Waals surface area contributed by atoms with Crippen LogP contribution in [0.2, 0.25) is 0 Å². The van der Waals surface area contributed by atoms with Crippen molar-refractivity contribution < 1.29 is 9.13 Å². The number of methoxy groups -OCH3 is 1. The summed E-state index contributed by atoms with van der Waals surface area (Å²) in [7, 11) is 1.50. The van der Waals surface area contributed by atoms with Gasteiger partial charge in [-0.1, -0.05) is 13.0 Å². The smallest absolute Gasteiger partial charge is 0.191 e. The molecule has 0 aromatic heterocycles. The fourth-order valence-corrected chi connectivity index (χ4v) is 4.77. The molecule has 6 nitrogen and oxygen atoms in total. The zero-order valence-electron chi connectivity index (χ0n) is 20.6. The predicted octanol–water partition coefficient (Wildman–Crippen LogP) is 4.09. The Morgan fingerprint density at radius 3 is 2.39 bits per heavy atom. The molecule has 188 valence electrons. The van der Waals surface area contributed by atoms with Gasteiger partial charge in [0, 0.05) is 38.8 Å². The molecule has 2 aliphatic rings. The highest BCUT2D eigenvalue weighted by Crippen LogP contribution is 2.21. The van der Waals surface area contributed by atoms with E-state index in [1.54, 1.807) is 12.1 Å². The van der Waals surface area contributed by atoms with E-state index in [-0.39, 0.29) is 29.8 Å². The molecule has 0 bridgehead atoms. The Balaban J connectivity index is 0.00000385. The van der Waals surface area contributed by atoms with E-state index in [9.17, 15) is 4.39 Å². The summed E-state index contributed by atoms with van der Waals surface area (Å²) in [5.41, 5.74) is 0.995. The van der Waals surface area contributed by atoms with Crippen molar-refractivity contribution >= 4 is 29.9 Å². The maximum atomic E-state index is 14.0. The number of likely N-dealkylation sites (tertiary alicyclic amines) is 2. The number of piperidine rings is 2. The fraction of sp³-hybridized carbons (Fsp3) is 0.720. The lowest BCUT2D eigenvalue weighted by Gasteiger charge is -2.33. The van der Waals surface area contributed by atoms with Gasteiger partial charge in [0.2, 0.25) is 0 Å². The Labute approximate surface area is 216 Å². The standard InChI is InChI=1S/C25H42FN5O.HI/c1-4-27-25(28-13-8-20-9-14-30(5-2)15-10-20)29-22-11-16-31(17-12-22)19-21-6-7-24(32-3)23(26)18-21;/h6-7,18,20,22H,4-5,8-17,19H2,1-3H3,(H2,27,28,29);1H. The Morgan fingerprint density at radius 2 is 1.79 bits per heavy atom. The van der Waals surface area contributed by atoms with Crippen LogP contribution < -0.4 is 15.4 Å². The summed E-state index contributed by atoms with van der Waals surface area (Å²) in [5.74, 6) is 1.78. The molecule has 2 N–H and O–H groups in total. The summed E-state index contributed by atoms with van der Waals surface area (Å²) in [5, 5.41) is 7.06. The van der Waals surface area contributed by atoms with Crippen molar-refractivity contribution in [3.05, 3.63) is 29.6 Å². The highest BCUT2D eigenvalue weighted by Gasteiger charge is 2.21. The molecule has 0 spiro atoms. The van der Waals surface area contributed by atoms with Crippen molar-refractivity contribution in [3.8, 4) is 5.75 Å². The van der Waals surface area contributed by atoms with E-state index in [0.717, 1.165) is 63.0 Å². The third-order valence-corrected chi connectivity index (χ3v) is 6.86. The van der Waals surface area contributed by atoms with Gasteiger partial charge in [0.25, 0.3) is 0 Å². The molecular weight excluding hydrogens is 532 g/mol. The van der Waals surface area contributed by atoms with Gasteiger partial charge in [0.1, 0.15) is 0 Å². The SMILES string of the molecule is CCNC(=NCCC1CCN(CC)CC1)NC1CCN(Cc2ccc(OC)c(F)c2)CC1.I. The molecule has 0 atom stereocenters. The molecule has 2 heterocycles. The van der Waals surface area contributed by atoms with Gasteiger partial charge in [-0.05, 0) is 82.3 Å². The maximum Gasteiger partial charge on any atom is 0.191 e. The van der Waals surface area contributed by atoms with Crippen LogP contribution in [0.1, 0.15) is 51.5 Å². The first-order valence-electron chi connectivity index (χ1n) is 12.4. The number of halogens is 2. The first kappa shape index (κ1) is 28.1. The molecule has 0 aliphatic carbocycles. The van der Waals surface area contributed by atoms with E-state index in [0.29, 0.717) is 11.8 Å². The molecule has 1 aromatic rings. The largest absolute Gasteiger partial charge is 0.494 e. The second kappa shape index (κ2) is 15.0. The van der Waals surface area contributed by atoms with Crippen molar-refractivity contribution in [2.45, 2.75) is 58.5 Å². The minimum absolute atomic E-state index is 0. The normalized spacial score (nSPS) is 19.2. The first-order valence-corrected chi connectivity index (χ1v) is 12.4. The van der Waals surface area contributed by atoms with Crippen LogP contribution in [-0.2, 0) is 6.54 Å². The van der Waals surface area contributed by atoms with Crippen LogP contribution in [0.3, 0.4) is 0 Å². The third kappa shape index (κ3) is 9.20. The molecule has 0 amide bonds. The summed E-state index contributed by atoms with van der Waals surface area (Å²) in [4.78, 5) is 9.81. The number of guanidine groups is 1. The fourth-order valence-electron chi connectivity index (χ4n) is 4.77. The lowest BCUT2D eigenvalue weighted by molar-refractivity contribution is 0.188. The van der Waals surface area contributed by atoms with Gasteiger partial charge in [-0.2, -0.15) is 0 Å². The number of benzene rings is 1. The molecule has 1 aromatic carbocycles. The van der Waals surface area contributed by atoms with Gasteiger partial charge in [0.15, 0.2) is 17.5 Å². The third-order valence-electron chi connectivity index (χ3n) is 6.86. The Kier molecular flexibility index (Phi) is 12.8. The van der Waals surface area contributed by atoms with Crippen molar-refractivity contribution in [3.63, 3.8) is 0 Å². The summed E-state index contributed by atoms with van der Waals surface area (Å²) in [6, 6.07) is 5.69. The molecule has 33 heavy (non-hydrogen) atoms. The Hall–Kier alpha value is -1.13. The summed E-state index contributed by atoms with van der Waals surface area (Å²) in [6.07, 6.45) is 5.94. The van der Waals surface area contributed by atoms with Gasteiger partial charge in [-0.15, -0.1) is 24.0 Å². The molecular formula is C25H43FIN5O.